The molecule has 3 aromatic rings. The van der Waals surface area contributed by atoms with Crippen LogP contribution in [0.25, 0.3) is 10.9 Å². The number of nitrogens with zero attached hydrogens (tertiary/aromatic N) is 2. The van der Waals surface area contributed by atoms with Crippen molar-refractivity contribution in [3.05, 3.63) is 53.5 Å². The van der Waals surface area contributed by atoms with Crippen LogP contribution in [0.2, 0.25) is 0 Å². The number of benzene rings is 1. The van der Waals surface area contributed by atoms with Crippen LogP contribution in [0.4, 0.5) is 0 Å². The Labute approximate surface area is 135 Å². The summed E-state index contributed by atoms with van der Waals surface area (Å²) in [6, 6.07) is 8.85. The fraction of sp³-hybridized carbons (Fsp3) is 0.389. The minimum Gasteiger partial charge on any atom is -0.372 e. The Balaban J connectivity index is 1.52. The summed E-state index contributed by atoms with van der Waals surface area (Å²) in [7, 11) is 1.97. The summed E-state index contributed by atoms with van der Waals surface area (Å²) in [4.78, 5) is 3.33. The van der Waals surface area contributed by atoms with E-state index in [9.17, 15) is 0 Å². The summed E-state index contributed by atoms with van der Waals surface area (Å²) in [5.41, 5.74) is 4.88. The Morgan fingerprint density at radius 1 is 1.39 bits per heavy atom. The Morgan fingerprint density at radius 3 is 3.13 bits per heavy atom. The molecule has 2 atom stereocenters. The maximum absolute atomic E-state index is 5.98. The van der Waals surface area contributed by atoms with Crippen molar-refractivity contribution in [3.63, 3.8) is 0 Å². The molecule has 1 aromatic carbocycles. The fourth-order valence-corrected chi connectivity index (χ4v) is 3.44. The predicted molar refractivity (Wildman–Crippen MR) is 90.2 cm³/mol. The van der Waals surface area contributed by atoms with Gasteiger partial charge in [-0.15, -0.1) is 0 Å². The molecule has 2 aromatic heterocycles. The zero-order valence-electron chi connectivity index (χ0n) is 13.5. The highest BCUT2D eigenvalue weighted by atomic mass is 16.5. The third-order valence-electron chi connectivity index (χ3n) is 4.90. The zero-order chi connectivity index (χ0) is 15.8. The van der Waals surface area contributed by atoms with E-state index in [2.05, 4.69) is 46.6 Å². The van der Waals surface area contributed by atoms with Crippen LogP contribution in [-0.4, -0.2) is 27.4 Å². The van der Waals surface area contributed by atoms with Crippen LogP contribution in [0, 0.1) is 6.92 Å². The number of H-pyrrole nitrogens is 1. The molecule has 1 aliphatic rings. The van der Waals surface area contributed by atoms with Crippen molar-refractivity contribution in [2.45, 2.75) is 32.0 Å². The summed E-state index contributed by atoms with van der Waals surface area (Å²) < 4.78 is 7.89. The van der Waals surface area contributed by atoms with Gasteiger partial charge in [-0.2, -0.15) is 5.10 Å². The molecular formula is C18H22N4O. The van der Waals surface area contributed by atoms with Crippen molar-refractivity contribution in [2.75, 3.05) is 6.61 Å². The van der Waals surface area contributed by atoms with Crippen molar-refractivity contribution in [2.24, 2.45) is 7.05 Å². The highest BCUT2D eigenvalue weighted by molar-refractivity contribution is 5.82. The van der Waals surface area contributed by atoms with Gasteiger partial charge in [0, 0.05) is 49.2 Å². The normalized spacial score (nSPS) is 21.3. The maximum atomic E-state index is 5.98. The van der Waals surface area contributed by atoms with Crippen molar-refractivity contribution >= 4 is 10.9 Å². The second-order valence-corrected chi connectivity index (χ2v) is 6.24. The molecule has 23 heavy (non-hydrogen) atoms. The minimum atomic E-state index is 0.0894. The summed E-state index contributed by atoms with van der Waals surface area (Å²) >= 11 is 0. The van der Waals surface area contributed by atoms with Gasteiger partial charge in [0.25, 0.3) is 0 Å². The van der Waals surface area contributed by atoms with E-state index in [0.29, 0.717) is 6.04 Å². The van der Waals surface area contributed by atoms with Crippen LogP contribution in [-0.2, 0) is 18.3 Å². The van der Waals surface area contributed by atoms with Gasteiger partial charge in [-0.3, -0.25) is 4.68 Å². The maximum Gasteiger partial charge on any atom is 0.101 e. The molecule has 3 heterocycles. The molecule has 0 spiro atoms. The van der Waals surface area contributed by atoms with Crippen LogP contribution < -0.4 is 5.32 Å². The third kappa shape index (κ3) is 2.56. The van der Waals surface area contributed by atoms with Crippen LogP contribution in [0.3, 0.4) is 0 Å². The smallest absolute Gasteiger partial charge is 0.101 e. The Hall–Kier alpha value is -2.11. The first-order valence-electron chi connectivity index (χ1n) is 8.12. The number of rotatable bonds is 4. The van der Waals surface area contributed by atoms with Crippen molar-refractivity contribution in [3.8, 4) is 0 Å². The number of hydrogen-bond donors (Lipinski definition) is 2. The van der Waals surface area contributed by atoms with E-state index >= 15 is 0 Å². The monoisotopic (exact) mass is 310 g/mol. The second kappa shape index (κ2) is 5.83. The molecule has 0 aliphatic carbocycles. The molecule has 0 saturated carbocycles. The van der Waals surface area contributed by atoms with Crippen molar-refractivity contribution in [1.29, 1.82) is 0 Å². The van der Waals surface area contributed by atoms with Gasteiger partial charge in [-0.25, -0.2) is 0 Å². The molecule has 2 N–H and O–H groups in total. The molecule has 1 saturated heterocycles. The van der Waals surface area contributed by atoms with Gasteiger partial charge < -0.3 is 15.0 Å². The fourth-order valence-electron chi connectivity index (χ4n) is 3.44. The predicted octanol–water partition coefficient (Wildman–Crippen LogP) is 2.83. The van der Waals surface area contributed by atoms with Gasteiger partial charge in [0.1, 0.15) is 6.10 Å². The lowest BCUT2D eigenvalue weighted by Crippen LogP contribution is -2.31. The van der Waals surface area contributed by atoms with Gasteiger partial charge in [-0.05, 0) is 30.4 Å². The number of aromatic nitrogens is 3. The number of aromatic amines is 1. The summed E-state index contributed by atoms with van der Waals surface area (Å²) in [6.07, 6.45) is 5.05. The number of hydrogen-bond acceptors (Lipinski definition) is 3. The van der Waals surface area contributed by atoms with E-state index in [1.807, 2.05) is 24.1 Å². The summed E-state index contributed by atoms with van der Waals surface area (Å²) in [5, 5.41) is 9.29. The van der Waals surface area contributed by atoms with E-state index in [1.165, 1.54) is 27.7 Å². The molecule has 120 valence electrons. The molecule has 0 unspecified atom stereocenters. The highest BCUT2D eigenvalue weighted by Crippen LogP contribution is 2.31. The zero-order valence-corrected chi connectivity index (χ0v) is 13.5. The number of ether oxygens (including phenoxy) is 1. The Morgan fingerprint density at radius 2 is 2.30 bits per heavy atom. The van der Waals surface area contributed by atoms with Crippen LogP contribution in [0.1, 0.15) is 29.3 Å². The number of para-hydroxylation sites is 1. The molecule has 5 nitrogen and oxygen atoms in total. The molecule has 0 amide bonds. The standard InChI is InChI=1S/C18H22N4O/c1-12-15(11-21-22(12)2)18-16(7-9-23-18)20-10-14-5-3-4-13-6-8-19-17(13)14/h3-6,8,11,16,18-20H,7,9-10H2,1-2H3/t16-,18+/m0/s1. The molecule has 5 heteroatoms. The van der Waals surface area contributed by atoms with E-state index in [4.69, 9.17) is 4.74 Å². The highest BCUT2D eigenvalue weighted by Gasteiger charge is 2.31. The topological polar surface area (TPSA) is 54.9 Å². The van der Waals surface area contributed by atoms with Crippen LogP contribution in [0.15, 0.2) is 36.7 Å². The van der Waals surface area contributed by atoms with Crippen LogP contribution in [0.5, 0.6) is 0 Å². The van der Waals surface area contributed by atoms with E-state index in [0.717, 1.165) is 19.6 Å². The molecule has 1 fully saturated rings. The minimum absolute atomic E-state index is 0.0894. The molecule has 0 radical (unpaired) electrons. The Kier molecular flexibility index (Phi) is 3.67. The third-order valence-corrected chi connectivity index (χ3v) is 4.90. The van der Waals surface area contributed by atoms with Crippen molar-refractivity contribution < 1.29 is 4.74 Å². The number of fused-ring (bicyclic) bond motifs is 1. The van der Waals surface area contributed by atoms with E-state index in [1.54, 1.807) is 0 Å². The number of aryl methyl sites for hydroxylation is 1. The molecule has 0 bridgehead atoms. The first-order valence-corrected chi connectivity index (χ1v) is 8.12. The van der Waals surface area contributed by atoms with Gasteiger partial charge in [0.15, 0.2) is 0 Å². The SMILES string of the molecule is Cc1c([C@H]2OCC[C@@H]2NCc2cccc3cc[nH]c23)cnn1C. The van der Waals surface area contributed by atoms with Gasteiger partial charge in [-0.1, -0.05) is 18.2 Å². The molecule has 4 rings (SSSR count). The first kappa shape index (κ1) is 14.5. The average molecular weight is 310 g/mol. The van der Waals surface area contributed by atoms with Crippen LogP contribution >= 0.6 is 0 Å². The lowest BCUT2D eigenvalue weighted by Gasteiger charge is -2.20. The summed E-state index contributed by atoms with van der Waals surface area (Å²) in [6.45, 7) is 3.73. The Bertz CT molecular complexity index is 819. The average Bonchev–Trinajstić information content (AvgIpc) is 3.27. The lowest BCUT2D eigenvalue weighted by atomic mass is 10.0. The number of nitrogens with one attached hydrogen (secondary N) is 2. The second-order valence-electron chi connectivity index (χ2n) is 6.24. The largest absolute Gasteiger partial charge is 0.372 e. The van der Waals surface area contributed by atoms with E-state index < -0.39 is 0 Å². The first-order chi connectivity index (χ1) is 11.2. The molecular weight excluding hydrogens is 288 g/mol. The lowest BCUT2D eigenvalue weighted by molar-refractivity contribution is 0.0979. The van der Waals surface area contributed by atoms with Gasteiger partial charge in [0.05, 0.1) is 6.20 Å². The van der Waals surface area contributed by atoms with Gasteiger partial charge in [0.2, 0.25) is 0 Å². The quantitative estimate of drug-likeness (QED) is 0.779. The van der Waals surface area contributed by atoms with E-state index in [-0.39, 0.29) is 6.10 Å². The molecule has 1 aliphatic heterocycles. The van der Waals surface area contributed by atoms with Gasteiger partial charge >= 0.3 is 0 Å². The summed E-state index contributed by atoms with van der Waals surface area (Å²) in [5.74, 6) is 0. The van der Waals surface area contributed by atoms with Crippen molar-refractivity contribution in [1.82, 2.24) is 20.1 Å².